The zero-order valence-corrected chi connectivity index (χ0v) is 10.6. The standard InChI is InChI=1S/C14H18FN3/c1-18(10-11-4-6-17-7-5-11)14-3-2-13(15)8-12(14)9-16/h2-3,8,11,17H,4-7,10H2,1H3. The molecule has 0 unspecified atom stereocenters. The number of nitrogens with zero attached hydrogens (tertiary/aromatic N) is 2. The summed E-state index contributed by atoms with van der Waals surface area (Å²) in [5, 5.41) is 12.4. The van der Waals surface area contributed by atoms with Crippen molar-refractivity contribution < 1.29 is 4.39 Å². The number of halogens is 1. The molecule has 0 saturated carbocycles. The zero-order valence-electron chi connectivity index (χ0n) is 10.6. The SMILES string of the molecule is CN(CC1CCNCC1)c1ccc(F)cc1C#N. The molecule has 0 radical (unpaired) electrons. The van der Waals surface area contributed by atoms with Crippen molar-refractivity contribution >= 4 is 5.69 Å². The first-order valence-corrected chi connectivity index (χ1v) is 6.32. The quantitative estimate of drug-likeness (QED) is 0.889. The Labute approximate surface area is 107 Å². The van der Waals surface area contributed by atoms with Crippen molar-refractivity contribution in [1.29, 1.82) is 5.26 Å². The molecule has 1 fully saturated rings. The summed E-state index contributed by atoms with van der Waals surface area (Å²) in [7, 11) is 1.97. The molecule has 1 N–H and O–H groups in total. The Bertz CT molecular complexity index is 447. The van der Waals surface area contributed by atoms with Crippen LogP contribution in [-0.2, 0) is 0 Å². The van der Waals surface area contributed by atoms with Gasteiger partial charge in [-0.3, -0.25) is 0 Å². The third-order valence-corrected chi connectivity index (χ3v) is 3.48. The van der Waals surface area contributed by atoms with Gasteiger partial charge < -0.3 is 10.2 Å². The molecule has 1 aromatic carbocycles. The fourth-order valence-corrected chi connectivity index (χ4v) is 2.48. The molecule has 0 atom stereocenters. The molecule has 0 spiro atoms. The number of nitrogens with one attached hydrogen (secondary N) is 1. The summed E-state index contributed by atoms with van der Waals surface area (Å²) in [5.41, 5.74) is 1.23. The number of hydrogen-bond donors (Lipinski definition) is 1. The molecule has 1 heterocycles. The van der Waals surface area contributed by atoms with E-state index < -0.39 is 0 Å². The molecule has 1 aliphatic rings. The summed E-state index contributed by atoms with van der Waals surface area (Å²) in [6.07, 6.45) is 2.32. The van der Waals surface area contributed by atoms with Gasteiger partial charge in [0.2, 0.25) is 0 Å². The van der Waals surface area contributed by atoms with E-state index in [4.69, 9.17) is 5.26 Å². The summed E-state index contributed by atoms with van der Waals surface area (Å²) in [4.78, 5) is 2.06. The van der Waals surface area contributed by atoms with Gasteiger partial charge in [-0.25, -0.2) is 4.39 Å². The number of piperidine rings is 1. The lowest BCUT2D eigenvalue weighted by atomic mass is 9.97. The zero-order chi connectivity index (χ0) is 13.0. The van der Waals surface area contributed by atoms with E-state index in [9.17, 15) is 4.39 Å². The van der Waals surface area contributed by atoms with Gasteiger partial charge in [-0.05, 0) is 50.0 Å². The highest BCUT2D eigenvalue weighted by atomic mass is 19.1. The molecule has 4 heteroatoms. The van der Waals surface area contributed by atoms with E-state index in [2.05, 4.69) is 16.3 Å². The Balaban J connectivity index is 2.08. The molecule has 1 saturated heterocycles. The van der Waals surface area contributed by atoms with Crippen LogP contribution in [0.25, 0.3) is 0 Å². The van der Waals surface area contributed by atoms with Crippen LogP contribution in [0.5, 0.6) is 0 Å². The average molecular weight is 247 g/mol. The maximum atomic E-state index is 13.1. The number of benzene rings is 1. The van der Waals surface area contributed by atoms with Crippen LogP contribution >= 0.6 is 0 Å². The van der Waals surface area contributed by atoms with Crippen molar-refractivity contribution in [3.05, 3.63) is 29.6 Å². The Morgan fingerprint density at radius 2 is 2.17 bits per heavy atom. The maximum Gasteiger partial charge on any atom is 0.124 e. The van der Waals surface area contributed by atoms with Gasteiger partial charge in [0, 0.05) is 13.6 Å². The van der Waals surface area contributed by atoms with E-state index in [0.717, 1.165) is 38.2 Å². The minimum Gasteiger partial charge on any atom is -0.373 e. The van der Waals surface area contributed by atoms with E-state index in [0.29, 0.717) is 11.5 Å². The predicted octanol–water partition coefficient (Wildman–Crippen LogP) is 2.13. The van der Waals surface area contributed by atoms with Crippen LogP contribution < -0.4 is 10.2 Å². The third-order valence-electron chi connectivity index (χ3n) is 3.48. The van der Waals surface area contributed by atoms with Crippen LogP contribution in [0, 0.1) is 23.1 Å². The molecule has 2 rings (SSSR count). The van der Waals surface area contributed by atoms with Crippen LogP contribution in [0.1, 0.15) is 18.4 Å². The minimum atomic E-state index is -0.356. The lowest BCUT2D eigenvalue weighted by molar-refractivity contribution is 0.378. The number of rotatable bonds is 3. The van der Waals surface area contributed by atoms with Crippen LogP contribution in [0.4, 0.5) is 10.1 Å². The van der Waals surface area contributed by atoms with Crippen molar-refractivity contribution in [2.24, 2.45) is 5.92 Å². The van der Waals surface area contributed by atoms with Crippen LogP contribution in [-0.4, -0.2) is 26.7 Å². The van der Waals surface area contributed by atoms with Gasteiger partial charge in [-0.2, -0.15) is 5.26 Å². The van der Waals surface area contributed by atoms with Crippen molar-refractivity contribution in [1.82, 2.24) is 5.32 Å². The van der Waals surface area contributed by atoms with E-state index in [1.54, 1.807) is 6.07 Å². The molecular formula is C14H18FN3. The Morgan fingerprint density at radius 3 is 2.83 bits per heavy atom. The molecule has 0 amide bonds. The fraction of sp³-hybridized carbons (Fsp3) is 0.500. The second-order valence-electron chi connectivity index (χ2n) is 4.85. The molecule has 1 aliphatic heterocycles. The van der Waals surface area contributed by atoms with Crippen LogP contribution in [0.15, 0.2) is 18.2 Å². The molecule has 0 bridgehead atoms. The van der Waals surface area contributed by atoms with E-state index in [1.807, 2.05) is 7.05 Å². The lowest BCUT2D eigenvalue weighted by Crippen LogP contribution is -2.34. The molecule has 1 aromatic rings. The van der Waals surface area contributed by atoms with Crippen molar-refractivity contribution in [2.75, 3.05) is 31.6 Å². The minimum absolute atomic E-state index is 0.356. The first-order chi connectivity index (χ1) is 8.70. The van der Waals surface area contributed by atoms with Gasteiger partial charge in [0.25, 0.3) is 0 Å². The lowest BCUT2D eigenvalue weighted by Gasteiger charge is -2.29. The van der Waals surface area contributed by atoms with Gasteiger partial charge in [0.1, 0.15) is 11.9 Å². The molecule has 0 aliphatic carbocycles. The molecule has 18 heavy (non-hydrogen) atoms. The third kappa shape index (κ3) is 2.99. The maximum absolute atomic E-state index is 13.1. The monoisotopic (exact) mass is 247 g/mol. The summed E-state index contributed by atoms with van der Waals surface area (Å²) in [5.74, 6) is 0.290. The molecule has 3 nitrogen and oxygen atoms in total. The molecule has 96 valence electrons. The summed E-state index contributed by atoms with van der Waals surface area (Å²) in [6.45, 7) is 3.04. The number of anilines is 1. The highest BCUT2D eigenvalue weighted by Crippen LogP contribution is 2.22. The first kappa shape index (κ1) is 12.8. The van der Waals surface area contributed by atoms with Crippen LogP contribution in [0.3, 0.4) is 0 Å². The number of nitriles is 1. The Hall–Kier alpha value is -1.60. The highest BCUT2D eigenvalue weighted by Gasteiger charge is 2.17. The Morgan fingerprint density at radius 1 is 1.44 bits per heavy atom. The first-order valence-electron chi connectivity index (χ1n) is 6.32. The summed E-state index contributed by atoms with van der Waals surface area (Å²) >= 11 is 0. The van der Waals surface area contributed by atoms with Crippen molar-refractivity contribution in [3.63, 3.8) is 0 Å². The highest BCUT2D eigenvalue weighted by molar-refractivity contribution is 5.58. The average Bonchev–Trinajstić information content (AvgIpc) is 2.39. The van der Waals surface area contributed by atoms with Gasteiger partial charge in [-0.15, -0.1) is 0 Å². The predicted molar refractivity (Wildman–Crippen MR) is 70.0 cm³/mol. The van der Waals surface area contributed by atoms with E-state index in [1.165, 1.54) is 12.1 Å². The second-order valence-corrected chi connectivity index (χ2v) is 4.85. The van der Waals surface area contributed by atoms with Crippen LogP contribution in [0.2, 0.25) is 0 Å². The summed E-state index contributed by atoms with van der Waals surface area (Å²) < 4.78 is 13.1. The van der Waals surface area contributed by atoms with Gasteiger partial charge in [-0.1, -0.05) is 0 Å². The molecule has 0 aromatic heterocycles. The second kappa shape index (κ2) is 5.83. The summed E-state index contributed by atoms with van der Waals surface area (Å²) in [6, 6.07) is 6.46. The van der Waals surface area contributed by atoms with E-state index >= 15 is 0 Å². The van der Waals surface area contributed by atoms with Crippen molar-refractivity contribution in [3.8, 4) is 6.07 Å². The van der Waals surface area contributed by atoms with Gasteiger partial charge in [0.15, 0.2) is 0 Å². The Kier molecular flexibility index (Phi) is 4.16. The smallest absolute Gasteiger partial charge is 0.124 e. The largest absolute Gasteiger partial charge is 0.373 e. The van der Waals surface area contributed by atoms with Gasteiger partial charge in [0.05, 0.1) is 11.3 Å². The topological polar surface area (TPSA) is 39.1 Å². The fourth-order valence-electron chi connectivity index (χ4n) is 2.48. The van der Waals surface area contributed by atoms with Crippen molar-refractivity contribution in [2.45, 2.75) is 12.8 Å². The number of hydrogen-bond acceptors (Lipinski definition) is 3. The van der Waals surface area contributed by atoms with E-state index in [-0.39, 0.29) is 5.82 Å². The normalized spacial score (nSPS) is 16.3. The van der Waals surface area contributed by atoms with Gasteiger partial charge >= 0.3 is 0 Å². The molecular weight excluding hydrogens is 229 g/mol.